The van der Waals surface area contributed by atoms with Crippen LogP contribution >= 0.6 is 0 Å². The molecule has 0 saturated carbocycles. The number of sulfonamides is 1. The van der Waals surface area contributed by atoms with Crippen molar-refractivity contribution in [1.29, 1.82) is 0 Å². The SMILES string of the molecule is CCCC(C)(C)NS(=O)(=O)c1cccc(N)c1C. The van der Waals surface area contributed by atoms with E-state index in [-0.39, 0.29) is 4.90 Å². The molecule has 0 radical (unpaired) electrons. The van der Waals surface area contributed by atoms with Crippen LogP contribution in [0.1, 0.15) is 39.2 Å². The van der Waals surface area contributed by atoms with Crippen molar-refractivity contribution < 1.29 is 8.42 Å². The van der Waals surface area contributed by atoms with E-state index in [2.05, 4.69) is 4.72 Å². The van der Waals surface area contributed by atoms with Gasteiger partial charge in [0, 0.05) is 11.2 Å². The molecule has 102 valence electrons. The predicted octanol–water partition coefficient (Wildman–Crippen LogP) is 2.43. The number of nitrogens with one attached hydrogen (secondary N) is 1. The molecule has 0 atom stereocenters. The van der Waals surface area contributed by atoms with Gasteiger partial charge in [0.15, 0.2) is 0 Å². The Labute approximate surface area is 110 Å². The molecule has 0 spiro atoms. The van der Waals surface area contributed by atoms with Gasteiger partial charge in [-0.2, -0.15) is 0 Å². The molecule has 0 unspecified atom stereocenters. The van der Waals surface area contributed by atoms with Gasteiger partial charge in [-0.3, -0.25) is 0 Å². The molecule has 0 fully saturated rings. The molecule has 0 aliphatic heterocycles. The van der Waals surface area contributed by atoms with Gasteiger partial charge < -0.3 is 5.73 Å². The molecule has 0 aliphatic carbocycles. The third-order valence-electron chi connectivity index (χ3n) is 2.90. The van der Waals surface area contributed by atoms with Crippen molar-refractivity contribution in [3.63, 3.8) is 0 Å². The lowest BCUT2D eigenvalue weighted by Gasteiger charge is -2.26. The Kier molecular flexibility index (Phi) is 4.40. The lowest BCUT2D eigenvalue weighted by molar-refractivity contribution is 0.417. The maximum Gasteiger partial charge on any atom is 0.241 e. The maximum absolute atomic E-state index is 12.3. The Balaban J connectivity index is 3.11. The summed E-state index contributed by atoms with van der Waals surface area (Å²) < 4.78 is 27.4. The van der Waals surface area contributed by atoms with Gasteiger partial charge in [0.2, 0.25) is 10.0 Å². The van der Waals surface area contributed by atoms with Crippen LogP contribution in [-0.4, -0.2) is 14.0 Å². The summed E-state index contributed by atoms with van der Waals surface area (Å²) in [5.74, 6) is 0. The van der Waals surface area contributed by atoms with Crippen LogP contribution in [0.15, 0.2) is 23.1 Å². The average molecular weight is 270 g/mol. The van der Waals surface area contributed by atoms with Gasteiger partial charge in [0.1, 0.15) is 0 Å². The largest absolute Gasteiger partial charge is 0.398 e. The molecule has 0 bridgehead atoms. The molecule has 0 aliphatic rings. The summed E-state index contributed by atoms with van der Waals surface area (Å²) in [6, 6.07) is 4.94. The first-order valence-electron chi connectivity index (χ1n) is 6.08. The third kappa shape index (κ3) is 3.46. The van der Waals surface area contributed by atoms with Crippen LogP contribution in [0.2, 0.25) is 0 Å². The normalized spacial score (nSPS) is 12.7. The Morgan fingerprint density at radius 3 is 2.50 bits per heavy atom. The van der Waals surface area contributed by atoms with Crippen molar-refractivity contribution in [2.24, 2.45) is 0 Å². The number of anilines is 1. The van der Waals surface area contributed by atoms with Crippen molar-refractivity contribution in [1.82, 2.24) is 4.72 Å². The molecule has 1 rings (SSSR count). The maximum atomic E-state index is 12.3. The molecule has 18 heavy (non-hydrogen) atoms. The highest BCUT2D eigenvalue weighted by Crippen LogP contribution is 2.23. The van der Waals surface area contributed by atoms with Crippen molar-refractivity contribution in [3.8, 4) is 0 Å². The number of hydrogen-bond donors (Lipinski definition) is 2. The third-order valence-corrected chi connectivity index (χ3v) is 4.74. The monoisotopic (exact) mass is 270 g/mol. The summed E-state index contributed by atoms with van der Waals surface area (Å²) in [6.45, 7) is 7.52. The average Bonchev–Trinajstić information content (AvgIpc) is 2.19. The summed E-state index contributed by atoms with van der Waals surface area (Å²) >= 11 is 0. The number of hydrogen-bond acceptors (Lipinski definition) is 3. The molecule has 1 aromatic carbocycles. The summed E-state index contributed by atoms with van der Waals surface area (Å²) in [7, 11) is -3.52. The van der Waals surface area contributed by atoms with Gasteiger partial charge in [-0.15, -0.1) is 0 Å². The fraction of sp³-hybridized carbons (Fsp3) is 0.538. The number of benzene rings is 1. The molecule has 4 nitrogen and oxygen atoms in total. The van der Waals surface area contributed by atoms with E-state index in [1.54, 1.807) is 25.1 Å². The minimum Gasteiger partial charge on any atom is -0.398 e. The molecule has 1 aromatic rings. The van der Waals surface area contributed by atoms with Gasteiger partial charge in [-0.1, -0.05) is 19.4 Å². The van der Waals surface area contributed by atoms with Gasteiger partial charge in [0.05, 0.1) is 4.90 Å². The predicted molar refractivity (Wildman–Crippen MR) is 74.9 cm³/mol. The van der Waals surface area contributed by atoms with Crippen molar-refractivity contribution >= 4 is 15.7 Å². The van der Waals surface area contributed by atoms with Crippen LogP contribution in [-0.2, 0) is 10.0 Å². The second-order valence-electron chi connectivity index (χ2n) is 5.21. The summed E-state index contributed by atoms with van der Waals surface area (Å²) in [4.78, 5) is 0.256. The molecular formula is C13H22N2O2S. The van der Waals surface area contributed by atoms with Gasteiger partial charge in [-0.05, 0) is 44.9 Å². The summed E-state index contributed by atoms with van der Waals surface area (Å²) in [6.07, 6.45) is 1.71. The second kappa shape index (κ2) is 5.28. The van der Waals surface area contributed by atoms with Crippen LogP contribution < -0.4 is 10.5 Å². The molecular weight excluding hydrogens is 248 g/mol. The Morgan fingerprint density at radius 1 is 1.33 bits per heavy atom. The minimum absolute atomic E-state index is 0.256. The lowest BCUT2D eigenvalue weighted by atomic mass is 10.0. The highest BCUT2D eigenvalue weighted by atomic mass is 32.2. The standard InChI is InChI=1S/C13H22N2O2S/c1-5-9-13(3,4)15-18(16,17)12-8-6-7-11(14)10(12)2/h6-8,15H,5,9,14H2,1-4H3. The Morgan fingerprint density at radius 2 is 1.94 bits per heavy atom. The van der Waals surface area contributed by atoms with E-state index in [1.807, 2.05) is 20.8 Å². The van der Waals surface area contributed by atoms with E-state index in [1.165, 1.54) is 0 Å². The van der Waals surface area contributed by atoms with Gasteiger partial charge >= 0.3 is 0 Å². The number of nitrogen functional groups attached to an aromatic ring is 1. The minimum atomic E-state index is -3.52. The van der Waals surface area contributed by atoms with E-state index < -0.39 is 15.6 Å². The first-order chi connectivity index (χ1) is 8.19. The zero-order valence-corrected chi connectivity index (χ0v) is 12.3. The first kappa shape index (κ1) is 15.0. The Hall–Kier alpha value is -1.07. The fourth-order valence-corrected chi connectivity index (χ4v) is 3.74. The second-order valence-corrected chi connectivity index (χ2v) is 6.86. The highest BCUT2D eigenvalue weighted by Gasteiger charge is 2.26. The van der Waals surface area contributed by atoms with Gasteiger partial charge in [-0.25, -0.2) is 13.1 Å². The van der Waals surface area contributed by atoms with E-state index >= 15 is 0 Å². The topological polar surface area (TPSA) is 72.2 Å². The molecule has 0 aromatic heterocycles. The smallest absolute Gasteiger partial charge is 0.241 e. The quantitative estimate of drug-likeness (QED) is 0.807. The molecule has 0 amide bonds. The molecule has 0 heterocycles. The summed E-state index contributed by atoms with van der Waals surface area (Å²) in [5.41, 5.74) is 6.38. The lowest BCUT2D eigenvalue weighted by Crippen LogP contribution is -2.43. The first-order valence-corrected chi connectivity index (χ1v) is 7.57. The van der Waals surface area contributed by atoms with Crippen LogP contribution in [0, 0.1) is 6.92 Å². The fourth-order valence-electron chi connectivity index (χ4n) is 2.02. The number of nitrogens with two attached hydrogens (primary N) is 1. The summed E-state index contributed by atoms with van der Waals surface area (Å²) in [5, 5.41) is 0. The number of rotatable bonds is 5. The van der Waals surface area contributed by atoms with Crippen molar-refractivity contribution in [2.75, 3.05) is 5.73 Å². The zero-order valence-electron chi connectivity index (χ0n) is 11.4. The molecule has 5 heteroatoms. The van der Waals surface area contributed by atoms with Crippen LogP contribution in [0.5, 0.6) is 0 Å². The van der Waals surface area contributed by atoms with Gasteiger partial charge in [0.25, 0.3) is 0 Å². The molecule has 3 N–H and O–H groups in total. The van der Waals surface area contributed by atoms with E-state index in [9.17, 15) is 8.42 Å². The van der Waals surface area contributed by atoms with E-state index in [4.69, 9.17) is 5.73 Å². The highest BCUT2D eigenvalue weighted by molar-refractivity contribution is 7.89. The molecule has 0 saturated heterocycles. The van der Waals surface area contributed by atoms with Crippen LogP contribution in [0.25, 0.3) is 0 Å². The van der Waals surface area contributed by atoms with E-state index in [0.29, 0.717) is 11.3 Å². The van der Waals surface area contributed by atoms with E-state index in [0.717, 1.165) is 12.8 Å². The Bertz CT molecular complexity index is 522. The van der Waals surface area contributed by atoms with Crippen molar-refractivity contribution in [2.45, 2.75) is 51.0 Å². The van der Waals surface area contributed by atoms with Crippen LogP contribution in [0.4, 0.5) is 5.69 Å². The van der Waals surface area contributed by atoms with Crippen molar-refractivity contribution in [3.05, 3.63) is 23.8 Å². The van der Waals surface area contributed by atoms with Crippen LogP contribution in [0.3, 0.4) is 0 Å². The zero-order chi connectivity index (χ0) is 14.0.